The van der Waals surface area contributed by atoms with Crippen LogP contribution < -0.4 is 15.4 Å². The van der Waals surface area contributed by atoms with Gasteiger partial charge in [-0.3, -0.25) is 0 Å². The lowest BCUT2D eigenvalue weighted by molar-refractivity contribution is 0.539. The number of anilines is 2. The Bertz CT molecular complexity index is 1170. The maximum atomic E-state index is 12.8. The summed E-state index contributed by atoms with van der Waals surface area (Å²) >= 11 is 0. The first-order valence-corrected chi connectivity index (χ1v) is 9.43. The highest BCUT2D eigenvalue weighted by atomic mass is 16.4. The smallest absolute Gasteiger partial charge is 0.343 e. The minimum Gasteiger partial charge on any atom is -0.422 e. The number of benzene rings is 3. The van der Waals surface area contributed by atoms with Crippen molar-refractivity contribution in [2.45, 2.75) is 13.1 Å². The zero-order valence-corrected chi connectivity index (χ0v) is 15.4. The van der Waals surface area contributed by atoms with Gasteiger partial charge in [0.05, 0.1) is 24.5 Å². The molecule has 5 rings (SSSR count). The summed E-state index contributed by atoms with van der Waals surface area (Å²) in [6.45, 7) is 1.97. The molecule has 0 aliphatic carbocycles. The van der Waals surface area contributed by atoms with E-state index in [-0.39, 0.29) is 5.63 Å². The van der Waals surface area contributed by atoms with Gasteiger partial charge in [0, 0.05) is 17.6 Å². The van der Waals surface area contributed by atoms with Crippen molar-refractivity contribution in [3.63, 3.8) is 0 Å². The van der Waals surface area contributed by atoms with E-state index in [9.17, 15) is 4.79 Å². The minimum absolute atomic E-state index is 0.257. The maximum Gasteiger partial charge on any atom is 0.343 e. The summed E-state index contributed by atoms with van der Waals surface area (Å²) in [4.78, 5) is 17.3. The van der Waals surface area contributed by atoms with Crippen LogP contribution in [0.5, 0.6) is 0 Å². The largest absolute Gasteiger partial charge is 0.422 e. The molecule has 2 heterocycles. The second-order valence-corrected chi connectivity index (χ2v) is 7.07. The SMILES string of the molecule is O=c1oc2ccccc2c2c1CN(c1ccccc1)CN2Cc1ccccc1. The molecule has 0 saturated heterocycles. The third kappa shape index (κ3) is 2.93. The molecule has 4 nitrogen and oxygen atoms in total. The molecule has 0 unspecified atom stereocenters. The van der Waals surface area contributed by atoms with Crippen LogP contribution in [0.3, 0.4) is 0 Å². The summed E-state index contributed by atoms with van der Waals surface area (Å²) < 4.78 is 5.63. The van der Waals surface area contributed by atoms with Gasteiger partial charge in [-0.25, -0.2) is 4.79 Å². The number of hydrogen-bond acceptors (Lipinski definition) is 4. The lowest BCUT2D eigenvalue weighted by Gasteiger charge is -2.39. The highest BCUT2D eigenvalue weighted by Crippen LogP contribution is 2.35. The maximum absolute atomic E-state index is 12.8. The summed E-state index contributed by atoms with van der Waals surface area (Å²) in [7, 11) is 0. The van der Waals surface area contributed by atoms with Gasteiger partial charge in [0.15, 0.2) is 0 Å². The fourth-order valence-electron chi connectivity index (χ4n) is 3.93. The Hall–Kier alpha value is -3.53. The number of fused-ring (bicyclic) bond motifs is 3. The summed E-state index contributed by atoms with van der Waals surface area (Å²) in [6, 6.07) is 28.4. The molecule has 4 aromatic rings. The van der Waals surface area contributed by atoms with Gasteiger partial charge < -0.3 is 14.2 Å². The van der Waals surface area contributed by atoms with Gasteiger partial charge in [0.2, 0.25) is 0 Å². The van der Waals surface area contributed by atoms with Crippen molar-refractivity contribution in [3.05, 3.63) is 106 Å². The summed E-state index contributed by atoms with van der Waals surface area (Å²) in [5.74, 6) is 0. The molecular formula is C24H20N2O2. The van der Waals surface area contributed by atoms with E-state index in [1.165, 1.54) is 5.56 Å². The average Bonchev–Trinajstić information content (AvgIpc) is 2.75. The Labute approximate surface area is 163 Å². The topological polar surface area (TPSA) is 36.7 Å². The van der Waals surface area contributed by atoms with Crippen molar-refractivity contribution in [2.24, 2.45) is 0 Å². The molecule has 0 atom stereocenters. The molecule has 3 aromatic carbocycles. The third-order valence-electron chi connectivity index (χ3n) is 5.22. The van der Waals surface area contributed by atoms with Crippen LogP contribution >= 0.6 is 0 Å². The lowest BCUT2D eigenvalue weighted by Crippen LogP contribution is -2.44. The molecule has 0 saturated carbocycles. The predicted molar refractivity (Wildman–Crippen MR) is 113 cm³/mol. The molecule has 138 valence electrons. The molecule has 1 aliphatic heterocycles. The molecule has 1 aliphatic rings. The minimum atomic E-state index is -0.257. The van der Waals surface area contributed by atoms with Crippen LogP contribution in [0.1, 0.15) is 11.1 Å². The highest BCUT2D eigenvalue weighted by molar-refractivity contribution is 5.92. The quantitative estimate of drug-likeness (QED) is 0.488. The predicted octanol–water partition coefficient (Wildman–Crippen LogP) is 4.78. The van der Waals surface area contributed by atoms with Gasteiger partial charge in [0.25, 0.3) is 0 Å². The summed E-state index contributed by atoms with van der Waals surface area (Å²) in [6.07, 6.45) is 0. The third-order valence-corrected chi connectivity index (χ3v) is 5.22. The molecule has 1 aromatic heterocycles. The van der Waals surface area contributed by atoms with Gasteiger partial charge in [-0.15, -0.1) is 0 Å². The summed E-state index contributed by atoms with van der Waals surface area (Å²) in [5.41, 5.74) is 4.39. The first-order valence-electron chi connectivity index (χ1n) is 9.43. The monoisotopic (exact) mass is 368 g/mol. The van der Waals surface area contributed by atoms with Crippen LogP contribution in [-0.4, -0.2) is 6.67 Å². The first kappa shape index (κ1) is 16.6. The van der Waals surface area contributed by atoms with Gasteiger partial charge in [0.1, 0.15) is 5.58 Å². The normalized spacial score (nSPS) is 13.6. The molecule has 28 heavy (non-hydrogen) atoms. The van der Waals surface area contributed by atoms with Crippen LogP contribution in [0, 0.1) is 0 Å². The van der Waals surface area contributed by atoms with E-state index in [0.717, 1.165) is 23.3 Å². The van der Waals surface area contributed by atoms with Crippen molar-refractivity contribution >= 4 is 22.3 Å². The molecule has 0 radical (unpaired) electrons. The molecule has 0 fully saturated rings. The Balaban J connectivity index is 1.67. The first-order chi connectivity index (χ1) is 13.8. The standard InChI is InChI=1S/C24H20N2O2/c27-24-21-16-25(19-11-5-2-6-12-19)17-26(15-18-9-3-1-4-10-18)23(21)20-13-7-8-14-22(20)28-24/h1-14H,15-17H2. The van der Waals surface area contributed by atoms with Crippen LogP contribution in [-0.2, 0) is 13.1 Å². The number of para-hydroxylation sites is 2. The second-order valence-electron chi connectivity index (χ2n) is 7.07. The van der Waals surface area contributed by atoms with E-state index < -0.39 is 0 Å². The van der Waals surface area contributed by atoms with E-state index in [4.69, 9.17) is 4.42 Å². The fraction of sp³-hybridized carbons (Fsp3) is 0.125. The van der Waals surface area contributed by atoms with E-state index in [1.54, 1.807) is 0 Å². The van der Waals surface area contributed by atoms with Crippen molar-refractivity contribution in [1.82, 2.24) is 0 Å². The Kier molecular flexibility index (Phi) is 4.09. The molecule has 4 heteroatoms. The number of hydrogen-bond donors (Lipinski definition) is 0. The van der Waals surface area contributed by atoms with Crippen molar-refractivity contribution in [3.8, 4) is 0 Å². The lowest BCUT2D eigenvalue weighted by atomic mass is 10.0. The Morgan fingerprint density at radius 1 is 0.821 bits per heavy atom. The molecule has 0 spiro atoms. The van der Waals surface area contributed by atoms with Crippen molar-refractivity contribution in [2.75, 3.05) is 16.5 Å². The van der Waals surface area contributed by atoms with Crippen molar-refractivity contribution in [1.29, 1.82) is 0 Å². The van der Waals surface area contributed by atoms with Crippen LogP contribution in [0.4, 0.5) is 11.4 Å². The number of rotatable bonds is 3. The zero-order valence-electron chi connectivity index (χ0n) is 15.4. The average molecular weight is 368 g/mol. The van der Waals surface area contributed by atoms with Crippen LogP contribution in [0.15, 0.2) is 94.1 Å². The van der Waals surface area contributed by atoms with Crippen LogP contribution in [0.25, 0.3) is 11.0 Å². The molecule has 0 amide bonds. The van der Waals surface area contributed by atoms with E-state index in [2.05, 4.69) is 34.1 Å². The van der Waals surface area contributed by atoms with Gasteiger partial charge >= 0.3 is 5.63 Å². The van der Waals surface area contributed by atoms with E-state index in [1.807, 2.05) is 60.7 Å². The van der Waals surface area contributed by atoms with E-state index in [0.29, 0.717) is 24.4 Å². The summed E-state index contributed by atoms with van der Waals surface area (Å²) in [5, 5.41) is 0.987. The molecule has 0 N–H and O–H groups in total. The van der Waals surface area contributed by atoms with Gasteiger partial charge in [-0.05, 0) is 29.8 Å². The second kappa shape index (κ2) is 6.89. The van der Waals surface area contributed by atoms with E-state index >= 15 is 0 Å². The number of nitrogens with zero attached hydrogens (tertiary/aromatic N) is 2. The van der Waals surface area contributed by atoms with Crippen LogP contribution in [0.2, 0.25) is 0 Å². The fourth-order valence-corrected chi connectivity index (χ4v) is 3.93. The Morgan fingerprint density at radius 2 is 1.50 bits per heavy atom. The van der Waals surface area contributed by atoms with Crippen molar-refractivity contribution < 1.29 is 4.42 Å². The molecular weight excluding hydrogens is 348 g/mol. The highest BCUT2D eigenvalue weighted by Gasteiger charge is 2.28. The van der Waals surface area contributed by atoms with Gasteiger partial charge in [-0.2, -0.15) is 0 Å². The zero-order chi connectivity index (χ0) is 18.9. The molecule has 0 bridgehead atoms. The van der Waals surface area contributed by atoms with Gasteiger partial charge in [-0.1, -0.05) is 60.7 Å². The Morgan fingerprint density at radius 3 is 2.29 bits per heavy atom.